The van der Waals surface area contributed by atoms with Crippen LogP contribution in [0.2, 0.25) is 0 Å². The number of benzene rings is 1. The maximum absolute atomic E-state index is 12.1. The molecule has 1 fully saturated rings. The monoisotopic (exact) mass is 254 g/mol. The van der Waals surface area contributed by atoms with Crippen molar-refractivity contribution in [3.63, 3.8) is 0 Å². The molecule has 1 aromatic carbocycles. The molecule has 0 aromatic heterocycles. The zero-order valence-corrected chi connectivity index (χ0v) is 11.0. The molecule has 3 N–H and O–H groups in total. The summed E-state index contributed by atoms with van der Waals surface area (Å²) in [6.45, 7) is 4.31. The summed E-state index contributed by atoms with van der Waals surface area (Å²) in [5.41, 5.74) is 6.99. The zero-order chi connectivity index (χ0) is 12.7. The molecule has 1 aliphatic carbocycles. The third-order valence-corrected chi connectivity index (χ3v) is 4.95. The Morgan fingerprint density at radius 1 is 1.41 bits per heavy atom. The molecule has 0 amide bonds. The molecule has 0 unspecified atom stereocenters. The van der Waals surface area contributed by atoms with E-state index in [2.05, 4.69) is 11.6 Å². The second kappa shape index (κ2) is 3.99. The van der Waals surface area contributed by atoms with Crippen LogP contribution in [0.15, 0.2) is 23.1 Å². The van der Waals surface area contributed by atoms with E-state index < -0.39 is 10.0 Å². The summed E-state index contributed by atoms with van der Waals surface area (Å²) in [5, 5.41) is 0. The molecular weight excluding hydrogens is 236 g/mol. The van der Waals surface area contributed by atoms with Gasteiger partial charge >= 0.3 is 0 Å². The van der Waals surface area contributed by atoms with Gasteiger partial charge in [0.1, 0.15) is 0 Å². The topological polar surface area (TPSA) is 72.2 Å². The van der Waals surface area contributed by atoms with Crippen molar-refractivity contribution in [3.8, 4) is 0 Å². The van der Waals surface area contributed by atoms with E-state index >= 15 is 0 Å². The van der Waals surface area contributed by atoms with Gasteiger partial charge in [-0.15, -0.1) is 0 Å². The second-order valence-corrected chi connectivity index (χ2v) is 6.84. The lowest BCUT2D eigenvalue weighted by atomic mass is 10.2. The molecule has 1 aromatic rings. The van der Waals surface area contributed by atoms with Crippen LogP contribution < -0.4 is 10.5 Å². The number of hydrogen-bond acceptors (Lipinski definition) is 3. The highest BCUT2D eigenvalue weighted by molar-refractivity contribution is 7.89. The highest BCUT2D eigenvalue weighted by Crippen LogP contribution is 2.44. The van der Waals surface area contributed by atoms with Gasteiger partial charge in [0, 0.05) is 12.2 Å². The van der Waals surface area contributed by atoms with Crippen molar-refractivity contribution >= 4 is 15.7 Å². The highest BCUT2D eigenvalue weighted by Gasteiger charge is 2.38. The first-order chi connectivity index (χ1) is 7.84. The minimum Gasteiger partial charge on any atom is -0.398 e. The maximum atomic E-state index is 12.1. The molecule has 5 heteroatoms. The molecular formula is C12H18N2O2S. The fraction of sp³-hybridized carbons (Fsp3) is 0.500. The number of rotatable bonds is 4. The molecule has 0 spiro atoms. The SMILES string of the molecule is Cc1c(N)cccc1S(=O)(=O)NCC1(C)CC1. The van der Waals surface area contributed by atoms with Gasteiger partial charge in [-0.25, -0.2) is 13.1 Å². The molecule has 94 valence electrons. The first kappa shape index (κ1) is 12.4. The molecule has 17 heavy (non-hydrogen) atoms. The predicted octanol–water partition coefficient (Wildman–Crippen LogP) is 1.66. The summed E-state index contributed by atoms with van der Waals surface area (Å²) in [7, 11) is -3.44. The number of nitrogens with one attached hydrogen (secondary N) is 1. The van der Waals surface area contributed by atoms with Gasteiger partial charge in [-0.05, 0) is 42.9 Å². The van der Waals surface area contributed by atoms with E-state index in [1.807, 2.05) is 0 Å². The van der Waals surface area contributed by atoms with Crippen molar-refractivity contribution in [2.75, 3.05) is 12.3 Å². The van der Waals surface area contributed by atoms with Crippen molar-refractivity contribution in [1.29, 1.82) is 0 Å². The Kier molecular flexibility index (Phi) is 2.91. The molecule has 0 heterocycles. The first-order valence-electron chi connectivity index (χ1n) is 5.69. The van der Waals surface area contributed by atoms with Gasteiger partial charge in [0.2, 0.25) is 10.0 Å². The van der Waals surface area contributed by atoms with E-state index in [0.717, 1.165) is 12.8 Å². The van der Waals surface area contributed by atoms with Gasteiger partial charge in [0.15, 0.2) is 0 Å². The molecule has 1 aliphatic rings. The fourth-order valence-electron chi connectivity index (χ4n) is 1.66. The van der Waals surface area contributed by atoms with Crippen molar-refractivity contribution in [2.45, 2.75) is 31.6 Å². The number of nitrogen functional groups attached to an aromatic ring is 1. The lowest BCUT2D eigenvalue weighted by molar-refractivity contribution is 0.530. The highest BCUT2D eigenvalue weighted by atomic mass is 32.2. The first-order valence-corrected chi connectivity index (χ1v) is 7.17. The van der Waals surface area contributed by atoms with Crippen LogP contribution in [0.25, 0.3) is 0 Å². The molecule has 0 atom stereocenters. The largest absolute Gasteiger partial charge is 0.398 e. The van der Waals surface area contributed by atoms with Crippen LogP contribution in [-0.2, 0) is 10.0 Å². The molecule has 1 saturated carbocycles. The smallest absolute Gasteiger partial charge is 0.240 e. The van der Waals surface area contributed by atoms with E-state index in [-0.39, 0.29) is 10.3 Å². The van der Waals surface area contributed by atoms with Crippen LogP contribution in [0.4, 0.5) is 5.69 Å². The molecule has 0 radical (unpaired) electrons. The van der Waals surface area contributed by atoms with Crippen molar-refractivity contribution in [1.82, 2.24) is 4.72 Å². The minimum absolute atomic E-state index is 0.154. The Balaban J connectivity index is 2.22. The molecule has 4 nitrogen and oxygen atoms in total. The lowest BCUT2D eigenvalue weighted by Gasteiger charge is -2.13. The normalized spacial score (nSPS) is 18.0. The van der Waals surface area contributed by atoms with Gasteiger partial charge in [-0.2, -0.15) is 0 Å². The third-order valence-electron chi connectivity index (χ3n) is 3.41. The van der Waals surface area contributed by atoms with Gasteiger partial charge in [-0.3, -0.25) is 0 Å². The van der Waals surface area contributed by atoms with Gasteiger partial charge in [0.25, 0.3) is 0 Å². The van der Waals surface area contributed by atoms with Crippen LogP contribution >= 0.6 is 0 Å². The Morgan fingerprint density at radius 2 is 2.06 bits per heavy atom. The minimum atomic E-state index is -3.44. The number of sulfonamides is 1. The Morgan fingerprint density at radius 3 is 2.65 bits per heavy atom. The fourth-order valence-corrected chi connectivity index (χ4v) is 3.13. The average molecular weight is 254 g/mol. The summed E-state index contributed by atoms with van der Waals surface area (Å²) in [5.74, 6) is 0. The van der Waals surface area contributed by atoms with E-state index in [0.29, 0.717) is 17.8 Å². The average Bonchev–Trinajstić information content (AvgIpc) is 2.99. The van der Waals surface area contributed by atoms with E-state index in [4.69, 9.17) is 5.73 Å². The lowest BCUT2D eigenvalue weighted by Crippen LogP contribution is -2.29. The van der Waals surface area contributed by atoms with Gasteiger partial charge in [-0.1, -0.05) is 13.0 Å². The van der Waals surface area contributed by atoms with Crippen molar-refractivity contribution in [3.05, 3.63) is 23.8 Å². The molecule has 0 aliphatic heterocycles. The Labute approximate surface area is 102 Å². The quantitative estimate of drug-likeness (QED) is 0.803. The van der Waals surface area contributed by atoms with Crippen molar-refractivity contribution < 1.29 is 8.42 Å². The summed E-state index contributed by atoms with van der Waals surface area (Å²) >= 11 is 0. The van der Waals surface area contributed by atoms with E-state index in [1.54, 1.807) is 25.1 Å². The Hall–Kier alpha value is -1.07. The zero-order valence-electron chi connectivity index (χ0n) is 10.2. The van der Waals surface area contributed by atoms with Crippen LogP contribution in [0, 0.1) is 12.3 Å². The van der Waals surface area contributed by atoms with Crippen LogP contribution in [-0.4, -0.2) is 15.0 Å². The van der Waals surface area contributed by atoms with Crippen LogP contribution in [0.5, 0.6) is 0 Å². The number of anilines is 1. The number of hydrogen-bond donors (Lipinski definition) is 2. The third kappa shape index (κ3) is 2.61. The van der Waals surface area contributed by atoms with Gasteiger partial charge < -0.3 is 5.73 Å². The maximum Gasteiger partial charge on any atom is 0.240 e. The summed E-state index contributed by atoms with van der Waals surface area (Å²) in [6.07, 6.45) is 2.18. The van der Waals surface area contributed by atoms with E-state index in [1.165, 1.54) is 0 Å². The van der Waals surface area contributed by atoms with E-state index in [9.17, 15) is 8.42 Å². The van der Waals surface area contributed by atoms with Gasteiger partial charge in [0.05, 0.1) is 4.90 Å². The summed E-state index contributed by atoms with van der Waals surface area (Å²) in [6, 6.07) is 4.95. The summed E-state index contributed by atoms with van der Waals surface area (Å²) in [4.78, 5) is 0.279. The molecule has 0 bridgehead atoms. The molecule has 2 rings (SSSR count). The Bertz CT molecular complexity index is 533. The van der Waals surface area contributed by atoms with Crippen LogP contribution in [0.1, 0.15) is 25.3 Å². The predicted molar refractivity (Wildman–Crippen MR) is 68.1 cm³/mol. The number of nitrogens with two attached hydrogens (primary N) is 1. The summed E-state index contributed by atoms with van der Waals surface area (Å²) < 4.78 is 26.9. The molecule has 0 saturated heterocycles. The van der Waals surface area contributed by atoms with Crippen LogP contribution in [0.3, 0.4) is 0 Å². The standard InChI is InChI=1S/C12H18N2O2S/c1-9-10(13)4-3-5-11(9)17(15,16)14-8-12(2)6-7-12/h3-5,14H,6-8,13H2,1-2H3. The van der Waals surface area contributed by atoms with Crippen molar-refractivity contribution in [2.24, 2.45) is 5.41 Å². The second-order valence-electron chi connectivity index (χ2n) is 5.11.